The number of rotatable bonds is 7. The maximum Gasteiger partial charge on any atom is 0.401 e. The normalized spacial score (nSPS) is 19.4. The van der Waals surface area contributed by atoms with E-state index in [1.165, 1.54) is 19.0 Å². The summed E-state index contributed by atoms with van der Waals surface area (Å²) in [5.74, 6) is 0.506. The van der Waals surface area contributed by atoms with E-state index in [2.05, 4.69) is 15.6 Å². The minimum Gasteiger partial charge on any atom is -0.357 e. The Hall–Kier alpha value is -1.37. The lowest BCUT2D eigenvalue weighted by Gasteiger charge is -2.19. The second-order valence-corrected chi connectivity index (χ2v) is 10.2. The minimum absolute atomic E-state index is 0.117. The van der Waals surface area contributed by atoms with Gasteiger partial charge in [0.15, 0.2) is 5.96 Å². The molecule has 2 rings (SSSR count). The zero-order valence-corrected chi connectivity index (χ0v) is 17.7. The summed E-state index contributed by atoms with van der Waals surface area (Å²) in [6.45, 7) is 2.56. The molecule has 1 unspecified atom stereocenters. The van der Waals surface area contributed by atoms with Gasteiger partial charge in [0.05, 0.1) is 13.1 Å². The Balaban J connectivity index is 1.97. The van der Waals surface area contributed by atoms with E-state index in [0.717, 1.165) is 20.5 Å². The molecule has 0 saturated carbocycles. The summed E-state index contributed by atoms with van der Waals surface area (Å²) in [7, 11) is -0.518. The number of alkyl halides is 3. The van der Waals surface area contributed by atoms with Gasteiger partial charge >= 0.3 is 6.18 Å². The van der Waals surface area contributed by atoms with Crippen molar-refractivity contribution in [3.8, 4) is 0 Å². The smallest absolute Gasteiger partial charge is 0.357 e. The molecule has 0 bridgehead atoms. The van der Waals surface area contributed by atoms with Crippen LogP contribution in [0.2, 0.25) is 0 Å². The average Bonchev–Trinajstić information content (AvgIpc) is 3.21. The number of likely N-dealkylation sites (tertiary alicyclic amines) is 1. The number of guanidine groups is 1. The lowest BCUT2D eigenvalue weighted by Crippen LogP contribution is -2.45. The van der Waals surface area contributed by atoms with Crippen LogP contribution in [-0.4, -0.2) is 76.1 Å². The van der Waals surface area contributed by atoms with Gasteiger partial charge in [-0.15, -0.1) is 11.3 Å². The van der Waals surface area contributed by atoms with E-state index in [9.17, 15) is 21.6 Å². The molecule has 1 aromatic heterocycles. The molecule has 2 N–H and O–H groups in total. The molecule has 12 heteroatoms. The minimum atomic E-state index is -4.20. The van der Waals surface area contributed by atoms with Crippen molar-refractivity contribution in [3.63, 3.8) is 0 Å². The van der Waals surface area contributed by atoms with Crippen molar-refractivity contribution in [3.05, 3.63) is 17.0 Å². The molecular weight excluding hydrogens is 415 g/mol. The highest BCUT2D eigenvalue weighted by Crippen LogP contribution is 2.24. The van der Waals surface area contributed by atoms with Gasteiger partial charge in [0.2, 0.25) is 0 Å². The third kappa shape index (κ3) is 6.61. The number of hydrogen-bond donors (Lipinski definition) is 2. The van der Waals surface area contributed by atoms with E-state index in [4.69, 9.17) is 0 Å². The third-order valence-corrected chi connectivity index (χ3v) is 7.48. The van der Waals surface area contributed by atoms with Gasteiger partial charge < -0.3 is 10.6 Å². The van der Waals surface area contributed by atoms with Crippen molar-refractivity contribution < 1.29 is 21.6 Å². The molecule has 0 spiro atoms. The monoisotopic (exact) mass is 441 g/mol. The van der Waals surface area contributed by atoms with Crippen LogP contribution in [0.15, 0.2) is 21.3 Å². The van der Waals surface area contributed by atoms with E-state index in [0.29, 0.717) is 32.0 Å². The molecule has 1 aliphatic rings. The molecule has 1 atom stereocenters. The summed E-state index contributed by atoms with van der Waals surface area (Å²) < 4.78 is 63.2. The lowest BCUT2D eigenvalue weighted by molar-refractivity contribution is -0.143. The Bertz CT molecular complexity index is 777. The SMILES string of the molecule is CCNC(=NCc1ccc(S(=O)(=O)N(C)C)s1)NC1CCN(CC(F)(F)F)C1. The highest BCUT2D eigenvalue weighted by Gasteiger charge is 2.34. The van der Waals surface area contributed by atoms with Gasteiger partial charge in [0.25, 0.3) is 10.0 Å². The van der Waals surface area contributed by atoms with Gasteiger partial charge in [-0.3, -0.25) is 4.90 Å². The molecule has 1 aliphatic heterocycles. The van der Waals surface area contributed by atoms with Crippen LogP contribution >= 0.6 is 11.3 Å². The second-order valence-electron chi connectivity index (χ2n) is 6.68. The van der Waals surface area contributed by atoms with E-state index in [-0.39, 0.29) is 16.8 Å². The van der Waals surface area contributed by atoms with Crippen molar-refractivity contribution >= 4 is 27.3 Å². The quantitative estimate of drug-likeness (QED) is 0.498. The largest absolute Gasteiger partial charge is 0.401 e. The molecule has 7 nitrogen and oxygen atoms in total. The fourth-order valence-electron chi connectivity index (χ4n) is 2.78. The average molecular weight is 442 g/mol. The standard InChI is InChI=1S/C16H26F3N5O2S2/c1-4-20-15(22-12-7-8-24(10-12)11-16(17,18)19)21-9-13-5-6-14(27-13)28(25,26)23(2)3/h5-6,12H,4,7-11H2,1-3H3,(H2,20,21,22). The van der Waals surface area contributed by atoms with Crippen LogP contribution in [0, 0.1) is 0 Å². The summed E-state index contributed by atoms with van der Waals surface area (Å²) in [6.07, 6.45) is -3.60. The van der Waals surface area contributed by atoms with Crippen LogP contribution in [0.25, 0.3) is 0 Å². The molecular formula is C16H26F3N5O2S2. The van der Waals surface area contributed by atoms with E-state index in [1.54, 1.807) is 12.1 Å². The van der Waals surface area contributed by atoms with E-state index < -0.39 is 22.7 Å². The molecule has 2 heterocycles. The topological polar surface area (TPSA) is 77.0 Å². The zero-order valence-electron chi connectivity index (χ0n) is 16.1. The molecule has 1 aromatic rings. The molecule has 0 aromatic carbocycles. The molecule has 0 radical (unpaired) electrons. The van der Waals surface area contributed by atoms with Crippen LogP contribution in [0.5, 0.6) is 0 Å². The highest BCUT2D eigenvalue weighted by molar-refractivity contribution is 7.91. The van der Waals surface area contributed by atoms with Crippen molar-refractivity contribution in [2.45, 2.75) is 36.3 Å². The number of aliphatic imine (C=N–C) groups is 1. The number of sulfonamides is 1. The number of nitrogens with one attached hydrogen (secondary N) is 2. The fraction of sp³-hybridized carbons (Fsp3) is 0.688. The molecule has 28 heavy (non-hydrogen) atoms. The third-order valence-electron chi connectivity index (χ3n) is 4.13. The molecule has 0 aliphatic carbocycles. The number of halogens is 3. The lowest BCUT2D eigenvalue weighted by atomic mass is 10.3. The first-order chi connectivity index (χ1) is 13.0. The van der Waals surface area contributed by atoms with Crippen LogP contribution < -0.4 is 10.6 Å². The Labute approximate surface area is 167 Å². The summed E-state index contributed by atoms with van der Waals surface area (Å²) >= 11 is 1.15. The maximum atomic E-state index is 12.5. The van der Waals surface area contributed by atoms with Crippen LogP contribution in [-0.2, 0) is 16.6 Å². The fourth-order valence-corrected chi connectivity index (χ4v) is 5.23. The zero-order chi connectivity index (χ0) is 20.9. The summed E-state index contributed by atoms with van der Waals surface area (Å²) in [5, 5.41) is 6.24. The van der Waals surface area contributed by atoms with Gasteiger partial charge in [-0.1, -0.05) is 0 Å². The maximum absolute atomic E-state index is 12.5. The van der Waals surface area contributed by atoms with Crippen molar-refractivity contribution in [2.24, 2.45) is 4.99 Å². The van der Waals surface area contributed by atoms with Crippen LogP contribution in [0.3, 0.4) is 0 Å². The first-order valence-corrected chi connectivity index (χ1v) is 11.1. The molecule has 160 valence electrons. The van der Waals surface area contributed by atoms with Crippen LogP contribution in [0.1, 0.15) is 18.2 Å². The molecule has 0 amide bonds. The van der Waals surface area contributed by atoms with Crippen molar-refractivity contribution in [1.29, 1.82) is 0 Å². The number of hydrogen-bond acceptors (Lipinski definition) is 5. The molecule has 1 fully saturated rings. The predicted octanol–water partition coefficient (Wildman–Crippen LogP) is 1.69. The summed E-state index contributed by atoms with van der Waals surface area (Å²) in [5.41, 5.74) is 0. The Morgan fingerprint density at radius 2 is 2.11 bits per heavy atom. The summed E-state index contributed by atoms with van der Waals surface area (Å²) in [6, 6.07) is 3.15. The first-order valence-electron chi connectivity index (χ1n) is 8.86. The van der Waals surface area contributed by atoms with Gasteiger partial charge in [0.1, 0.15) is 4.21 Å². The van der Waals surface area contributed by atoms with Crippen molar-refractivity contribution in [1.82, 2.24) is 19.8 Å². The Morgan fingerprint density at radius 3 is 2.71 bits per heavy atom. The predicted molar refractivity (Wildman–Crippen MR) is 104 cm³/mol. The van der Waals surface area contributed by atoms with Gasteiger partial charge in [-0.25, -0.2) is 17.7 Å². The molecule has 1 saturated heterocycles. The highest BCUT2D eigenvalue weighted by atomic mass is 32.2. The number of nitrogens with zero attached hydrogens (tertiary/aromatic N) is 3. The second kappa shape index (κ2) is 9.42. The van der Waals surface area contributed by atoms with Gasteiger partial charge in [-0.05, 0) is 25.5 Å². The van der Waals surface area contributed by atoms with Gasteiger partial charge in [-0.2, -0.15) is 13.2 Å². The number of thiophene rings is 1. The summed E-state index contributed by atoms with van der Waals surface area (Å²) in [4.78, 5) is 6.60. The Morgan fingerprint density at radius 1 is 1.39 bits per heavy atom. The Kier molecular flexibility index (Phi) is 7.71. The van der Waals surface area contributed by atoms with E-state index >= 15 is 0 Å². The van der Waals surface area contributed by atoms with Gasteiger partial charge in [0, 0.05) is 44.6 Å². The van der Waals surface area contributed by atoms with E-state index in [1.807, 2.05) is 6.92 Å². The van der Waals surface area contributed by atoms with Crippen molar-refractivity contribution in [2.75, 3.05) is 40.3 Å². The van der Waals surface area contributed by atoms with Crippen LogP contribution in [0.4, 0.5) is 13.2 Å². The first kappa shape index (κ1) is 22.9.